The molecule has 3 nitrogen and oxygen atoms in total. The van der Waals surface area contributed by atoms with Crippen molar-refractivity contribution >= 4 is 0 Å². The minimum Gasteiger partial charge on any atom is -0.481 e. The van der Waals surface area contributed by atoms with Crippen LogP contribution in [0.4, 0.5) is 0 Å². The van der Waals surface area contributed by atoms with Crippen molar-refractivity contribution in [1.82, 2.24) is 5.32 Å². The highest BCUT2D eigenvalue weighted by molar-refractivity contribution is 5.27. The zero-order valence-corrected chi connectivity index (χ0v) is 12.6. The molecular formula is C19H21NO2. The molecule has 3 heteroatoms. The van der Waals surface area contributed by atoms with Crippen molar-refractivity contribution in [3.8, 4) is 18.1 Å². The number of hydrogen-bond acceptors (Lipinski definition) is 3. The van der Waals surface area contributed by atoms with Gasteiger partial charge in [-0.2, -0.15) is 0 Å². The van der Waals surface area contributed by atoms with Crippen LogP contribution in [-0.2, 0) is 19.6 Å². The highest BCUT2D eigenvalue weighted by Crippen LogP contribution is 2.12. The summed E-state index contributed by atoms with van der Waals surface area (Å²) in [5, 5.41) is 12.4. The van der Waals surface area contributed by atoms with Crippen LogP contribution in [0.15, 0.2) is 48.5 Å². The monoisotopic (exact) mass is 295 g/mol. The molecule has 22 heavy (non-hydrogen) atoms. The summed E-state index contributed by atoms with van der Waals surface area (Å²) in [4.78, 5) is 0. The first kappa shape index (κ1) is 16.1. The van der Waals surface area contributed by atoms with Crippen LogP contribution in [0.25, 0.3) is 0 Å². The Morgan fingerprint density at radius 2 is 1.59 bits per heavy atom. The Balaban J connectivity index is 1.70. The van der Waals surface area contributed by atoms with E-state index in [1.54, 1.807) is 0 Å². The quantitative estimate of drug-likeness (QED) is 0.581. The summed E-state index contributed by atoms with van der Waals surface area (Å²) < 4.78 is 5.34. The third-order valence-corrected chi connectivity index (χ3v) is 3.37. The zero-order valence-electron chi connectivity index (χ0n) is 12.6. The predicted molar refractivity (Wildman–Crippen MR) is 88.5 cm³/mol. The summed E-state index contributed by atoms with van der Waals surface area (Å²) in [5.74, 6) is 3.24. The van der Waals surface area contributed by atoms with Crippen LogP contribution in [0.2, 0.25) is 0 Å². The van der Waals surface area contributed by atoms with Crippen LogP contribution in [-0.4, -0.2) is 18.3 Å². The second-order valence-corrected chi connectivity index (χ2v) is 5.04. The molecule has 0 aliphatic heterocycles. The van der Waals surface area contributed by atoms with Crippen molar-refractivity contribution < 1.29 is 9.84 Å². The number of nitrogens with one attached hydrogen (secondary N) is 1. The van der Waals surface area contributed by atoms with Crippen LogP contribution in [0.1, 0.15) is 16.7 Å². The molecule has 0 aromatic heterocycles. The van der Waals surface area contributed by atoms with E-state index in [1.165, 1.54) is 11.1 Å². The Bertz CT molecular complexity index is 597. The molecule has 2 aromatic rings. The largest absolute Gasteiger partial charge is 0.481 e. The number of aliphatic hydroxyl groups is 1. The van der Waals surface area contributed by atoms with Gasteiger partial charge in [0.15, 0.2) is 0 Å². The molecule has 0 bridgehead atoms. The van der Waals surface area contributed by atoms with Crippen LogP contribution in [0, 0.1) is 12.3 Å². The summed E-state index contributed by atoms with van der Waals surface area (Å²) in [6.07, 6.45) is 6.12. The number of ether oxygens (including phenoxy) is 1. The first-order chi connectivity index (χ1) is 10.8. The van der Waals surface area contributed by atoms with E-state index >= 15 is 0 Å². The molecule has 0 heterocycles. The second kappa shape index (κ2) is 8.89. The number of aliphatic hydroxyl groups excluding tert-OH is 1. The minimum atomic E-state index is 0.0968. The van der Waals surface area contributed by atoms with Gasteiger partial charge in [0.05, 0.1) is 6.61 Å². The Kier molecular flexibility index (Phi) is 6.50. The summed E-state index contributed by atoms with van der Waals surface area (Å²) >= 11 is 0. The number of rotatable bonds is 8. The summed E-state index contributed by atoms with van der Waals surface area (Å²) in [6.45, 7) is 2.13. The summed E-state index contributed by atoms with van der Waals surface area (Å²) in [6, 6.07) is 16.0. The molecule has 0 spiro atoms. The fourth-order valence-electron chi connectivity index (χ4n) is 2.11. The average molecular weight is 295 g/mol. The Labute approximate surface area is 131 Å². The molecule has 0 fully saturated rings. The third-order valence-electron chi connectivity index (χ3n) is 3.37. The lowest BCUT2D eigenvalue weighted by Gasteiger charge is -2.07. The summed E-state index contributed by atoms with van der Waals surface area (Å²) in [7, 11) is 0. The first-order valence-electron chi connectivity index (χ1n) is 7.36. The molecular weight excluding hydrogens is 274 g/mol. The SMILES string of the molecule is C#CCOc1ccc(CNCCc2ccc(CO)cc2)cc1. The maximum atomic E-state index is 9.00. The van der Waals surface area contributed by atoms with Gasteiger partial charge >= 0.3 is 0 Å². The van der Waals surface area contributed by atoms with E-state index in [-0.39, 0.29) is 6.61 Å². The topological polar surface area (TPSA) is 41.5 Å². The van der Waals surface area contributed by atoms with Gasteiger partial charge in [-0.15, -0.1) is 6.42 Å². The highest BCUT2D eigenvalue weighted by atomic mass is 16.5. The molecule has 2 rings (SSSR count). The Morgan fingerprint density at radius 1 is 0.955 bits per heavy atom. The number of benzene rings is 2. The fourth-order valence-corrected chi connectivity index (χ4v) is 2.11. The maximum absolute atomic E-state index is 9.00. The standard InChI is InChI=1S/C19H21NO2/c1-2-13-22-19-9-7-17(8-10-19)14-20-12-11-16-3-5-18(15-21)6-4-16/h1,3-10,20-21H,11-15H2. The van der Waals surface area contributed by atoms with E-state index in [9.17, 15) is 0 Å². The molecule has 2 aromatic carbocycles. The van der Waals surface area contributed by atoms with Gasteiger partial charge < -0.3 is 15.2 Å². The van der Waals surface area contributed by atoms with Crippen LogP contribution in [0.3, 0.4) is 0 Å². The molecule has 0 saturated heterocycles. The maximum Gasteiger partial charge on any atom is 0.148 e. The zero-order chi connectivity index (χ0) is 15.6. The van der Waals surface area contributed by atoms with Crippen LogP contribution in [0.5, 0.6) is 5.75 Å². The first-order valence-corrected chi connectivity index (χ1v) is 7.36. The van der Waals surface area contributed by atoms with E-state index in [4.69, 9.17) is 16.3 Å². The minimum absolute atomic E-state index is 0.0968. The van der Waals surface area contributed by atoms with E-state index in [0.717, 1.165) is 30.8 Å². The van der Waals surface area contributed by atoms with Crippen molar-refractivity contribution in [2.75, 3.05) is 13.2 Å². The average Bonchev–Trinajstić information content (AvgIpc) is 2.58. The van der Waals surface area contributed by atoms with Crippen LogP contribution >= 0.6 is 0 Å². The fraction of sp³-hybridized carbons (Fsp3) is 0.263. The normalized spacial score (nSPS) is 10.2. The molecule has 0 radical (unpaired) electrons. The highest BCUT2D eigenvalue weighted by Gasteiger charge is 1.97. The van der Waals surface area contributed by atoms with Crippen molar-refractivity contribution in [2.45, 2.75) is 19.6 Å². The predicted octanol–water partition coefficient (Wildman–Crippen LogP) is 2.52. The Morgan fingerprint density at radius 3 is 2.23 bits per heavy atom. The third kappa shape index (κ3) is 5.25. The lowest BCUT2D eigenvalue weighted by Crippen LogP contribution is -2.16. The van der Waals surface area contributed by atoms with Gasteiger partial charge in [-0.1, -0.05) is 42.3 Å². The van der Waals surface area contributed by atoms with Crippen molar-refractivity contribution in [3.05, 3.63) is 65.2 Å². The van der Waals surface area contributed by atoms with Gasteiger partial charge in [-0.25, -0.2) is 0 Å². The van der Waals surface area contributed by atoms with Gasteiger partial charge in [0, 0.05) is 6.54 Å². The van der Waals surface area contributed by atoms with Crippen molar-refractivity contribution in [1.29, 1.82) is 0 Å². The van der Waals surface area contributed by atoms with Gasteiger partial charge in [0.25, 0.3) is 0 Å². The van der Waals surface area contributed by atoms with Crippen LogP contribution < -0.4 is 10.1 Å². The van der Waals surface area contributed by atoms with Gasteiger partial charge in [0.2, 0.25) is 0 Å². The molecule has 0 unspecified atom stereocenters. The van der Waals surface area contributed by atoms with Gasteiger partial charge in [0.1, 0.15) is 12.4 Å². The van der Waals surface area contributed by atoms with E-state index in [1.807, 2.05) is 36.4 Å². The molecule has 0 amide bonds. The lowest BCUT2D eigenvalue weighted by atomic mass is 10.1. The van der Waals surface area contributed by atoms with Crippen molar-refractivity contribution in [3.63, 3.8) is 0 Å². The molecule has 114 valence electrons. The molecule has 0 aliphatic carbocycles. The van der Waals surface area contributed by atoms with Crippen molar-refractivity contribution in [2.24, 2.45) is 0 Å². The molecule has 0 atom stereocenters. The lowest BCUT2D eigenvalue weighted by molar-refractivity contribution is 0.282. The smallest absolute Gasteiger partial charge is 0.148 e. The molecule has 0 aliphatic rings. The Hall–Kier alpha value is -2.28. The number of hydrogen-bond donors (Lipinski definition) is 2. The van der Waals surface area contributed by atoms with Gasteiger partial charge in [-0.3, -0.25) is 0 Å². The van der Waals surface area contributed by atoms with Gasteiger partial charge in [-0.05, 0) is 41.8 Å². The van der Waals surface area contributed by atoms with E-state index in [0.29, 0.717) is 6.61 Å². The molecule has 2 N–H and O–H groups in total. The van der Waals surface area contributed by atoms with E-state index < -0.39 is 0 Å². The van der Waals surface area contributed by atoms with E-state index in [2.05, 4.69) is 23.4 Å². The second-order valence-electron chi connectivity index (χ2n) is 5.04. The summed E-state index contributed by atoms with van der Waals surface area (Å²) in [5.41, 5.74) is 3.43. The number of terminal acetylenes is 1. The molecule has 0 saturated carbocycles.